The van der Waals surface area contributed by atoms with Gasteiger partial charge in [-0.05, 0) is 105 Å². The van der Waals surface area contributed by atoms with Crippen molar-refractivity contribution in [3.8, 4) is 44.8 Å². The van der Waals surface area contributed by atoms with Gasteiger partial charge in [-0.25, -0.2) is 0 Å². The third-order valence-electron chi connectivity index (χ3n) is 10.3. The molecule has 0 amide bonds. The Bertz CT molecular complexity index is 2940. The Hall–Kier alpha value is -6.45. The molecule has 7 aromatic carbocycles. The standard InChI is InChI=1S/C45H27N3/c1-2-10-31(11-3-1)47-41-15-6-4-12-34(41)37-24-28(17-19-43(37)47)29-18-20-44-38(25-29)35-13-5-7-16-42(35)48(44)32-23-30-9-8-14-36-40-27-46-22-21-33(40)39(26-32)45(30)36/h1-27H. The summed E-state index contributed by atoms with van der Waals surface area (Å²) in [6.07, 6.45) is 3.91. The van der Waals surface area contributed by atoms with E-state index in [0.717, 1.165) is 0 Å². The number of para-hydroxylation sites is 3. The van der Waals surface area contributed by atoms with E-state index < -0.39 is 0 Å². The summed E-state index contributed by atoms with van der Waals surface area (Å²) in [4.78, 5) is 4.45. The molecule has 0 saturated heterocycles. The minimum Gasteiger partial charge on any atom is -0.309 e. The number of hydrogen-bond donors (Lipinski definition) is 0. The second-order valence-electron chi connectivity index (χ2n) is 12.8. The highest BCUT2D eigenvalue weighted by Gasteiger charge is 2.23. The Morgan fingerprint density at radius 1 is 0.375 bits per heavy atom. The van der Waals surface area contributed by atoms with Crippen LogP contribution in [0.5, 0.6) is 0 Å². The molecule has 3 nitrogen and oxygen atoms in total. The van der Waals surface area contributed by atoms with Gasteiger partial charge >= 0.3 is 0 Å². The zero-order valence-electron chi connectivity index (χ0n) is 25.9. The molecule has 1 aliphatic carbocycles. The average molecular weight is 610 g/mol. The van der Waals surface area contributed by atoms with E-state index in [1.165, 1.54) is 99.1 Å². The summed E-state index contributed by atoms with van der Waals surface area (Å²) in [5, 5.41) is 7.60. The fourth-order valence-corrected chi connectivity index (χ4v) is 8.26. The van der Waals surface area contributed by atoms with Crippen LogP contribution in [-0.2, 0) is 0 Å². The van der Waals surface area contributed by atoms with E-state index in [1.807, 2.05) is 12.4 Å². The average Bonchev–Trinajstić information content (AvgIpc) is 3.78. The fraction of sp³-hybridized carbons (Fsp3) is 0. The summed E-state index contributed by atoms with van der Waals surface area (Å²) in [6, 6.07) is 55.6. The van der Waals surface area contributed by atoms with Gasteiger partial charge in [0.2, 0.25) is 0 Å². The van der Waals surface area contributed by atoms with Crippen LogP contribution >= 0.6 is 0 Å². The second-order valence-corrected chi connectivity index (χ2v) is 12.8. The van der Waals surface area contributed by atoms with Gasteiger partial charge < -0.3 is 9.13 Å². The minimum absolute atomic E-state index is 1.17. The maximum absolute atomic E-state index is 4.45. The van der Waals surface area contributed by atoms with Crippen molar-refractivity contribution in [1.82, 2.24) is 14.1 Å². The molecule has 0 N–H and O–H groups in total. The molecular weight excluding hydrogens is 583 g/mol. The van der Waals surface area contributed by atoms with Crippen LogP contribution in [0.1, 0.15) is 0 Å². The van der Waals surface area contributed by atoms with Crippen molar-refractivity contribution in [3.05, 3.63) is 164 Å². The van der Waals surface area contributed by atoms with Crippen LogP contribution < -0.4 is 0 Å². The molecule has 0 aliphatic heterocycles. The summed E-state index contributed by atoms with van der Waals surface area (Å²) in [6.45, 7) is 0. The van der Waals surface area contributed by atoms with Crippen LogP contribution in [0.4, 0.5) is 0 Å². The van der Waals surface area contributed by atoms with Crippen molar-refractivity contribution >= 4 is 54.4 Å². The van der Waals surface area contributed by atoms with E-state index in [4.69, 9.17) is 0 Å². The molecule has 10 aromatic rings. The highest BCUT2D eigenvalue weighted by atomic mass is 15.0. The molecule has 0 bridgehead atoms. The molecule has 0 radical (unpaired) electrons. The number of nitrogens with zero attached hydrogens (tertiary/aromatic N) is 3. The van der Waals surface area contributed by atoms with Crippen LogP contribution in [0.3, 0.4) is 0 Å². The molecular formula is C45H27N3. The van der Waals surface area contributed by atoms with Gasteiger partial charge in [0.25, 0.3) is 0 Å². The molecule has 0 fully saturated rings. The Morgan fingerprint density at radius 3 is 1.71 bits per heavy atom. The molecule has 3 heterocycles. The smallest absolute Gasteiger partial charge is 0.0541 e. The molecule has 3 heteroatoms. The van der Waals surface area contributed by atoms with Gasteiger partial charge in [-0.2, -0.15) is 0 Å². The summed E-state index contributed by atoms with van der Waals surface area (Å²) in [5.74, 6) is 0. The molecule has 1 aliphatic rings. The van der Waals surface area contributed by atoms with Gasteiger partial charge in [0.1, 0.15) is 0 Å². The third kappa shape index (κ3) is 3.45. The second kappa shape index (κ2) is 9.54. The van der Waals surface area contributed by atoms with E-state index in [9.17, 15) is 0 Å². The van der Waals surface area contributed by atoms with Crippen LogP contribution in [0.25, 0.3) is 99.1 Å². The first kappa shape index (κ1) is 25.7. The lowest BCUT2D eigenvalue weighted by Crippen LogP contribution is -1.95. The molecule has 0 atom stereocenters. The normalized spacial score (nSPS) is 12.2. The molecule has 0 spiro atoms. The molecule has 11 rings (SSSR count). The Labute approximate surface area is 276 Å². The van der Waals surface area contributed by atoms with Gasteiger partial charge in [-0.3, -0.25) is 4.98 Å². The highest BCUT2D eigenvalue weighted by Crippen LogP contribution is 2.48. The van der Waals surface area contributed by atoms with Crippen molar-refractivity contribution in [2.45, 2.75) is 0 Å². The van der Waals surface area contributed by atoms with Crippen LogP contribution in [0.2, 0.25) is 0 Å². The van der Waals surface area contributed by atoms with Crippen LogP contribution in [-0.4, -0.2) is 14.1 Å². The highest BCUT2D eigenvalue weighted by molar-refractivity contribution is 6.17. The summed E-state index contributed by atoms with van der Waals surface area (Å²) in [5.41, 5.74) is 14.7. The number of benzene rings is 7. The lowest BCUT2D eigenvalue weighted by atomic mass is 10.0. The lowest BCUT2D eigenvalue weighted by molar-refractivity contribution is 1.18. The van der Waals surface area contributed by atoms with E-state index in [2.05, 4.69) is 166 Å². The lowest BCUT2D eigenvalue weighted by Gasteiger charge is -2.12. The van der Waals surface area contributed by atoms with Crippen molar-refractivity contribution in [1.29, 1.82) is 0 Å². The number of pyridine rings is 1. The minimum atomic E-state index is 1.17. The van der Waals surface area contributed by atoms with Gasteiger partial charge in [0.05, 0.1) is 22.1 Å². The predicted octanol–water partition coefficient (Wildman–Crippen LogP) is 11.7. The van der Waals surface area contributed by atoms with E-state index in [1.54, 1.807) is 0 Å². The molecule has 48 heavy (non-hydrogen) atoms. The van der Waals surface area contributed by atoms with E-state index >= 15 is 0 Å². The predicted molar refractivity (Wildman–Crippen MR) is 200 cm³/mol. The van der Waals surface area contributed by atoms with Crippen LogP contribution in [0, 0.1) is 0 Å². The zero-order chi connectivity index (χ0) is 31.3. The van der Waals surface area contributed by atoms with Crippen molar-refractivity contribution in [2.24, 2.45) is 0 Å². The van der Waals surface area contributed by atoms with E-state index in [-0.39, 0.29) is 0 Å². The first-order valence-corrected chi connectivity index (χ1v) is 16.5. The van der Waals surface area contributed by atoms with Crippen molar-refractivity contribution in [3.63, 3.8) is 0 Å². The first-order valence-electron chi connectivity index (χ1n) is 16.5. The Kier molecular flexibility index (Phi) is 5.11. The van der Waals surface area contributed by atoms with Gasteiger partial charge in [0, 0.05) is 50.9 Å². The number of fused-ring (bicyclic) bond motifs is 9. The first-order chi connectivity index (χ1) is 23.8. The van der Waals surface area contributed by atoms with E-state index in [0.29, 0.717) is 0 Å². The largest absolute Gasteiger partial charge is 0.309 e. The zero-order valence-corrected chi connectivity index (χ0v) is 25.9. The quantitative estimate of drug-likeness (QED) is 0.195. The molecule has 222 valence electrons. The van der Waals surface area contributed by atoms with Crippen LogP contribution in [0.15, 0.2) is 164 Å². The van der Waals surface area contributed by atoms with Gasteiger partial charge in [-0.15, -0.1) is 0 Å². The fourth-order valence-electron chi connectivity index (χ4n) is 8.26. The Balaban J connectivity index is 1.12. The SMILES string of the molecule is c1ccc(-n2c3ccccc3c3cc(-c4ccc5c(c4)c4ccccc4n5-c4cc5c6c(cccc6c4)-c4cnccc4-5)ccc32)cc1. The third-order valence-corrected chi connectivity index (χ3v) is 10.3. The Morgan fingerprint density at radius 2 is 1.00 bits per heavy atom. The number of hydrogen-bond acceptors (Lipinski definition) is 1. The molecule has 0 unspecified atom stereocenters. The molecule has 0 saturated carbocycles. The van der Waals surface area contributed by atoms with Gasteiger partial charge in [0.15, 0.2) is 0 Å². The monoisotopic (exact) mass is 609 g/mol. The van der Waals surface area contributed by atoms with Crippen molar-refractivity contribution < 1.29 is 0 Å². The van der Waals surface area contributed by atoms with Crippen molar-refractivity contribution in [2.75, 3.05) is 0 Å². The topological polar surface area (TPSA) is 22.8 Å². The van der Waals surface area contributed by atoms with Gasteiger partial charge in [-0.1, -0.05) is 84.9 Å². The maximum Gasteiger partial charge on any atom is 0.0541 e. The molecule has 3 aromatic heterocycles. The number of aromatic nitrogens is 3. The maximum atomic E-state index is 4.45. The summed E-state index contributed by atoms with van der Waals surface area (Å²) in [7, 11) is 0. The summed E-state index contributed by atoms with van der Waals surface area (Å²) >= 11 is 0. The number of rotatable bonds is 3. The summed E-state index contributed by atoms with van der Waals surface area (Å²) < 4.78 is 4.81.